The normalized spacial score (nSPS) is 19.2. The number of amides is 1. The van der Waals surface area contributed by atoms with Crippen molar-refractivity contribution in [1.82, 2.24) is 4.90 Å². The van der Waals surface area contributed by atoms with Gasteiger partial charge in [-0.1, -0.05) is 19.1 Å². The molecule has 1 heterocycles. The third kappa shape index (κ3) is 3.10. The Morgan fingerprint density at radius 2 is 2.05 bits per heavy atom. The minimum atomic E-state index is -1.05. The van der Waals surface area contributed by atoms with Crippen LogP contribution in [0.25, 0.3) is 0 Å². The van der Waals surface area contributed by atoms with Crippen molar-refractivity contribution < 1.29 is 14.7 Å². The van der Waals surface area contributed by atoms with E-state index < -0.39 is 5.97 Å². The second kappa shape index (κ2) is 6.10. The zero-order valence-electron chi connectivity index (χ0n) is 10.8. The van der Waals surface area contributed by atoms with E-state index in [0.29, 0.717) is 18.3 Å². The molecule has 1 aromatic rings. The fraction of sp³-hybridized carbons (Fsp3) is 0.429. The number of carbonyl (C=O) groups is 2. The van der Waals surface area contributed by atoms with Gasteiger partial charge in [0.2, 0.25) is 0 Å². The highest BCUT2D eigenvalue weighted by molar-refractivity contribution is 8.00. The lowest BCUT2D eigenvalue weighted by Crippen LogP contribution is -2.42. The van der Waals surface area contributed by atoms with Gasteiger partial charge in [0, 0.05) is 24.1 Å². The Morgan fingerprint density at radius 3 is 2.68 bits per heavy atom. The van der Waals surface area contributed by atoms with E-state index in [1.165, 1.54) is 6.07 Å². The standard InChI is InChI=1S/C14H17NO3S/c1-2-10-9-15(7-8-19-10)13(16)11-5-3-4-6-12(11)14(17)18/h3-6,10H,2,7-9H2,1H3,(H,17,18). The molecule has 1 N–H and O–H groups in total. The van der Waals surface area contributed by atoms with Crippen LogP contribution in [0.4, 0.5) is 0 Å². The maximum absolute atomic E-state index is 12.4. The summed E-state index contributed by atoms with van der Waals surface area (Å²) in [5.41, 5.74) is 0.371. The van der Waals surface area contributed by atoms with E-state index in [0.717, 1.165) is 12.2 Å². The van der Waals surface area contributed by atoms with Crippen LogP contribution in [0.2, 0.25) is 0 Å². The monoisotopic (exact) mass is 279 g/mol. The van der Waals surface area contributed by atoms with Crippen molar-refractivity contribution in [3.05, 3.63) is 35.4 Å². The third-order valence-electron chi connectivity index (χ3n) is 3.27. The maximum atomic E-state index is 12.4. The molecule has 0 aromatic heterocycles. The van der Waals surface area contributed by atoms with Crippen molar-refractivity contribution in [1.29, 1.82) is 0 Å². The number of benzene rings is 1. The molecule has 1 saturated heterocycles. The fourth-order valence-corrected chi connectivity index (χ4v) is 3.36. The topological polar surface area (TPSA) is 57.6 Å². The van der Waals surface area contributed by atoms with Gasteiger partial charge in [-0.25, -0.2) is 4.79 Å². The van der Waals surface area contributed by atoms with Gasteiger partial charge in [0.05, 0.1) is 11.1 Å². The van der Waals surface area contributed by atoms with E-state index in [-0.39, 0.29) is 17.0 Å². The molecular formula is C14H17NO3S. The minimum Gasteiger partial charge on any atom is -0.478 e. The first-order valence-corrected chi connectivity index (χ1v) is 7.41. The minimum absolute atomic E-state index is 0.0822. The Kier molecular flexibility index (Phi) is 4.47. The van der Waals surface area contributed by atoms with E-state index >= 15 is 0 Å². The number of hydrogen-bond acceptors (Lipinski definition) is 3. The van der Waals surface area contributed by atoms with Crippen LogP contribution in [0.1, 0.15) is 34.1 Å². The summed E-state index contributed by atoms with van der Waals surface area (Å²) in [6.07, 6.45) is 1.02. The molecule has 2 rings (SSSR count). The summed E-state index contributed by atoms with van der Waals surface area (Å²) in [6.45, 7) is 3.50. The molecule has 1 atom stereocenters. The number of hydrogen-bond donors (Lipinski definition) is 1. The van der Waals surface area contributed by atoms with Crippen LogP contribution >= 0.6 is 11.8 Å². The molecule has 1 aliphatic heterocycles. The number of carbonyl (C=O) groups excluding carboxylic acids is 1. The largest absolute Gasteiger partial charge is 0.478 e. The molecule has 1 unspecified atom stereocenters. The molecule has 19 heavy (non-hydrogen) atoms. The average Bonchev–Trinajstić information content (AvgIpc) is 2.46. The van der Waals surface area contributed by atoms with Gasteiger partial charge in [0.1, 0.15) is 0 Å². The number of aromatic carboxylic acids is 1. The first-order chi connectivity index (χ1) is 9.13. The van der Waals surface area contributed by atoms with Gasteiger partial charge in [-0.05, 0) is 18.6 Å². The highest BCUT2D eigenvalue weighted by Crippen LogP contribution is 2.23. The molecule has 102 valence electrons. The van der Waals surface area contributed by atoms with Gasteiger partial charge in [0.15, 0.2) is 0 Å². The molecule has 1 fully saturated rings. The van der Waals surface area contributed by atoms with Crippen molar-refractivity contribution in [2.24, 2.45) is 0 Å². The SMILES string of the molecule is CCC1CN(C(=O)c2ccccc2C(=O)O)CCS1. The Hall–Kier alpha value is -1.49. The average molecular weight is 279 g/mol. The maximum Gasteiger partial charge on any atom is 0.336 e. The lowest BCUT2D eigenvalue weighted by atomic mass is 10.1. The molecule has 4 nitrogen and oxygen atoms in total. The third-order valence-corrected chi connectivity index (χ3v) is 4.64. The summed E-state index contributed by atoms with van der Waals surface area (Å²) in [5.74, 6) is -0.307. The van der Waals surface area contributed by atoms with Crippen molar-refractivity contribution in [2.75, 3.05) is 18.8 Å². The number of nitrogens with zero attached hydrogens (tertiary/aromatic N) is 1. The van der Waals surface area contributed by atoms with E-state index in [2.05, 4.69) is 6.92 Å². The first-order valence-electron chi connectivity index (χ1n) is 6.36. The molecule has 0 saturated carbocycles. The number of thioether (sulfide) groups is 1. The van der Waals surface area contributed by atoms with Crippen LogP contribution in [-0.2, 0) is 0 Å². The highest BCUT2D eigenvalue weighted by atomic mass is 32.2. The number of rotatable bonds is 3. The lowest BCUT2D eigenvalue weighted by Gasteiger charge is -2.32. The lowest BCUT2D eigenvalue weighted by molar-refractivity contribution is 0.0676. The van der Waals surface area contributed by atoms with Crippen LogP contribution < -0.4 is 0 Å². The van der Waals surface area contributed by atoms with Gasteiger partial charge >= 0.3 is 5.97 Å². The van der Waals surface area contributed by atoms with Crippen LogP contribution in [-0.4, -0.2) is 46.0 Å². The molecule has 0 aliphatic carbocycles. The number of carboxylic acid groups (broad SMARTS) is 1. The van der Waals surface area contributed by atoms with Gasteiger partial charge in [-0.3, -0.25) is 4.79 Å². The van der Waals surface area contributed by atoms with Crippen LogP contribution in [0.5, 0.6) is 0 Å². The number of carboxylic acids is 1. The Bertz CT molecular complexity index is 489. The van der Waals surface area contributed by atoms with Crippen molar-refractivity contribution in [2.45, 2.75) is 18.6 Å². The van der Waals surface area contributed by atoms with Crippen molar-refractivity contribution in [3.8, 4) is 0 Å². The molecule has 1 aromatic carbocycles. The second-order valence-corrected chi connectivity index (χ2v) is 5.91. The Labute approximate surface area is 116 Å². The smallest absolute Gasteiger partial charge is 0.336 e. The molecular weight excluding hydrogens is 262 g/mol. The molecule has 0 radical (unpaired) electrons. The summed E-state index contributed by atoms with van der Waals surface area (Å²) in [5, 5.41) is 9.59. The fourth-order valence-electron chi connectivity index (χ4n) is 2.18. The summed E-state index contributed by atoms with van der Waals surface area (Å²) in [7, 11) is 0. The molecule has 5 heteroatoms. The predicted molar refractivity (Wildman–Crippen MR) is 75.8 cm³/mol. The van der Waals surface area contributed by atoms with E-state index in [1.807, 2.05) is 11.8 Å². The van der Waals surface area contributed by atoms with E-state index in [9.17, 15) is 9.59 Å². The molecule has 1 amide bonds. The van der Waals surface area contributed by atoms with Crippen LogP contribution in [0.15, 0.2) is 24.3 Å². The second-order valence-electron chi connectivity index (χ2n) is 4.50. The van der Waals surface area contributed by atoms with Gasteiger partial charge in [-0.2, -0.15) is 11.8 Å². The van der Waals surface area contributed by atoms with E-state index in [1.54, 1.807) is 23.1 Å². The summed E-state index contributed by atoms with van der Waals surface area (Å²) in [6, 6.07) is 6.41. The highest BCUT2D eigenvalue weighted by Gasteiger charge is 2.26. The quantitative estimate of drug-likeness (QED) is 0.922. The van der Waals surface area contributed by atoms with Crippen molar-refractivity contribution >= 4 is 23.6 Å². The zero-order chi connectivity index (χ0) is 13.8. The molecule has 0 spiro atoms. The van der Waals surface area contributed by atoms with Crippen molar-refractivity contribution in [3.63, 3.8) is 0 Å². The summed E-state index contributed by atoms with van der Waals surface area (Å²) < 4.78 is 0. The van der Waals surface area contributed by atoms with E-state index in [4.69, 9.17) is 5.11 Å². The molecule has 1 aliphatic rings. The zero-order valence-corrected chi connectivity index (χ0v) is 11.7. The van der Waals surface area contributed by atoms with Gasteiger partial charge in [0.25, 0.3) is 5.91 Å². The van der Waals surface area contributed by atoms with Crippen LogP contribution in [0, 0.1) is 0 Å². The van der Waals surface area contributed by atoms with Gasteiger partial charge in [-0.15, -0.1) is 0 Å². The summed E-state index contributed by atoms with van der Waals surface area (Å²) in [4.78, 5) is 25.4. The van der Waals surface area contributed by atoms with Gasteiger partial charge < -0.3 is 10.0 Å². The summed E-state index contributed by atoms with van der Waals surface area (Å²) >= 11 is 1.88. The Morgan fingerprint density at radius 1 is 1.37 bits per heavy atom. The Balaban J connectivity index is 2.22. The predicted octanol–water partition coefficient (Wildman–Crippen LogP) is 2.35. The first kappa shape index (κ1) is 13.9. The molecule has 0 bridgehead atoms. The van der Waals surface area contributed by atoms with Crippen LogP contribution in [0.3, 0.4) is 0 Å².